The van der Waals surface area contributed by atoms with Crippen LogP contribution in [0.2, 0.25) is 0 Å². The van der Waals surface area contributed by atoms with Crippen LogP contribution in [0.1, 0.15) is 34.5 Å². The molecule has 0 unspecified atom stereocenters. The molecule has 5 heteroatoms. The minimum atomic E-state index is -0.437. The number of nitrogens with one attached hydrogen (secondary N) is 1. The van der Waals surface area contributed by atoms with Gasteiger partial charge in [-0.2, -0.15) is 0 Å². The minimum absolute atomic E-state index is 0.333. The monoisotopic (exact) mass is 248 g/mol. The van der Waals surface area contributed by atoms with Gasteiger partial charge in [0.1, 0.15) is 5.82 Å². The Morgan fingerprint density at radius 2 is 2.17 bits per heavy atom. The summed E-state index contributed by atoms with van der Waals surface area (Å²) in [6, 6.07) is 2.20. The molecule has 1 fully saturated rings. The summed E-state index contributed by atoms with van der Waals surface area (Å²) in [4.78, 5) is 15.8. The first-order valence-corrected chi connectivity index (χ1v) is 6.25. The molecule has 0 radical (unpaired) electrons. The Kier molecular flexibility index (Phi) is 3.52. The average molecular weight is 248 g/mol. The van der Waals surface area contributed by atoms with Crippen molar-refractivity contribution < 1.29 is 4.79 Å². The van der Waals surface area contributed by atoms with E-state index in [1.807, 2.05) is 19.9 Å². The number of nitrogens with two attached hydrogens (primary N) is 2. The summed E-state index contributed by atoms with van der Waals surface area (Å²) < 4.78 is 0. The van der Waals surface area contributed by atoms with E-state index in [2.05, 4.69) is 10.3 Å². The van der Waals surface area contributed by atoms with Gasteiger partial charge in [0.2, 0.25) is 0 Å². The number of hydrogen-bond donors (Lipinski definition) is 3. The summed E-state index contributed by atoms with van der Waals surface area (Å²) >= 11 is 0. The molecule has 0 atom stereocenters. The maximum absolute atomic E-state index is 11.5. The fourth-order valence-electron chi connectivity index (χ4n) is 2.47. The van der Waals surface area contributed by atoms with Crippen molar-refractivity contribution in [3.63, 3.8) is 0 Å². The summed E-state index contributed by atoms with van der Waals surface area (Å²) in [5.41, 5.74) is 13.4. The first kappa shape index (κ1) is 12.8. The Bertz CT molecular complexity index is 466. The highest BCUT2D eigenvalue weighted by molar-refractivity contribution is 5.99. The van der Waals surface area contributed by atoms with E-state index in [4.69, 9.17) is 11.5 Å². The predicted molar refractivity (Wildman–Crippen MR) is 71.4 cm³/mol. The Morgan fingerprint density at radius 1 is 1.50 bits per heavy atom. The maximum atomic E-state index is 11.5. The van der Waals surface area contributed by atoms with Gasteiger partial charge in [0.05, 0.1) is 5.56 Å². The van der Waals surface area contributed by atoms with Gasteiger partial charge in [-0.3, -0.25) is 4.79 Å². The van der Waals surface area contributed by atoms with Gasteiger partial charge in [0.15, 0.2) is 0 Å². The van der Waals surface area contributed by atoms with Crippen molar-refractivity contribution in [2.45, 2.75) is 32.7 Å². The van der Waals surface area contributed by atoms with Gasteiger partial charge < -0.3 is 16.8 Å². The molecular weight excluding hydrogens is 228 g/mol. The second-order valence-corrected chi connectivity index (χ2v) is 5.15. The van der Waals surface area contributed by atoms with Gasteiger partial charge >= 0.3 is 0 Å². The zero-order valence-electron chi connectivity index (χ0n) is 10.9. The molecule has 0 spiro atoms. The number of aryl methyl sites for hydroxylation is 2. The largest absolute Gasteiger partial charge is 0.369 e. The third kappa shape index (κ3) is 2.61. The molecule has 0 bridgehead atoms. The molecule has 1 heterocycles. The molecule has 0 aromatic carbocycles. The van der Waals surface area contributed by atoms with Crippen molar-refractivity contribution >= 4 is 11.7 Å². The van der Waals surface area contributed by atoms with Crippen molar-refractivity contribution in [2.24, 2.45) is 17.4 Å². The van der Waals surface area contributed by atoms with Crippen LogP contribution in [0.15, 0.2) is 6.07 Å². The second-order valence-electron chi connectivity index (χ2n) is 5.15. The number of rotatable bonds is 4. The highest BCUT2D eigenvalue weighted by Gasteiger charge is 2.26. The molecule has 0 aliphatic heterocycles. The normalized spacial score (nSPS) is 22.4. The van der Waals surface area contributed by atoms with Crippen LogP contribution >= 0.6 is 0 Å². The van der Waals surface area contributed by atoms with E-state index in [1.54, 1.807) is 0 Å². The van der Waals surface area contributed by atoms with Crippen LogP contribution in [-0.2, 0) is 0 Å². The molecule has 2 rings (SSSR count). The lowest BCUT2D eigenvalue weighted by molar-refractivity contribution is 0.1000. The average Bonchev–Trinajstić information content (AvgIpc) is 2.21. The summed E-state index contributed by atoms with van der Waals surface area (Å²) in [7, 11) is 0. The lowest BCUT2D eigenvalue weighted by Gasteiger charge is -2.32. The molecule has 5 N–H and O–H groups in total. The van der Waals surface area contributed by atoms with Gasteiger partial charge in [0, 0.05) is 18.3 Å². The summed E-state index contributed by atoms with van der Waals surface area (Å²) in [6.45, 7) is 4.57. The minimum Gasteiger partial charge on any atom is -0.369 e. The van der Waals surface area contributed by atoms with E-state index < -0.39 is 5.91 Å². The van der Waals surface area contributed by atoms with Crippen molar-refractivity contribution in [3.8, 4) is 0 Å². The third-order valence-electron chi connectivity index (χ3n) is 3.42. The molecule has 1 amide bonds. The van der Waals surface area contributed by atoms with Crippen molar-refractivity contribution in [2.75, 3.05) is 11.9 Å². The number of nitrogens with zero attached hydrogens (tertiary/aromatic N) is 1. The molecule has 18 heavy (non-hydrogen) atoms. The lowest BCUT2D eigenvalue weighted by Crippen LogP contribution is -2.39. The van der Waals surface area contributed by atoms with Gasteiger partial charge in [-0.15, -0.1) is 0 Å². The van der Waals surface area contributed by atoms with E-state index in [1.165, 1.54) is 0 Å². The van der Waals surface area contributed by atoms with Gasteiger partial charge in [-0.05, 0) is 44.2 Å². The number of pyridine rings is 1. The Morgan fingerprint density at radius 3 is 2.72 bits per heavy atom. The lowest BCUT2D eigenvalue weighted by atomic mass is 9.81. The number of amides is 1. The standard InChI is InChI=1S/C13H20N4O/c1-7-3-8(2)17-13(11(7)12(15)18)16-6-9-4-10(14)5-9/h3,9-10H,4-6,14H2,1-2H3,(H2,15,18)(H,16,17). The van der Waals surface area contributed by atoms with Gasteiger partial charge in [-0.1, -0.05) is 0 Å². The zero-order valence-corrected chi connectivity index (χ0v) is 10.9. The molecule has 1 aromatic rings. The molecular formula is C13H20N4O. The fraction of sp³-hybridized carbons (Fsp3) is 0.538. The second kappa shape index (κ2) is 4.94. The molecule has 5 nitrogen and oxygen atoms in total. The Balaban J connectivity index is 2.12. The van der Waals surface area contributed by atoms with E-state index >= 15 is 0 Å². The first-order valence-electron chi connectivity index (χ1n) is 6.25. The van der Waals surface area contributed by atoms with Crippen molar-refractivity contribution in [1.29, 1.82) is 0 Å². The summed E-state index contributed by atoms with van der Waals surface area (Å²) in [5.74, 6) is 0.733. The molecule has 98 valence electrons. The fourth-order valence-corrected chi connectivity index (χ4v) is 2.47. The summed E-state index contributed by atoms with van der Waals surface area (Å²) in [5, 5.41) is 3.23. The van der Waals surface area contributed by atoms with Crippen LogP contribution in [0.4, 0.5) is 5.82 Å². The SMILES string of the molecule is Cc1cc(C)c(C(N)=O)c(NCC2CC(N)C2)n1. The number of hydrogen-bond acceptors (Lipinski definition) is 4. The molecule has 1 aliphatic rings. The van der Waals surface area contributed by atoms with Crippen LogP contribution in [0.25, 0.3) is 0 Å². The van der Waals surface area contributed by atoms with E-state index in [0.717, 1.165) is 30.6 Å². The number of carbonyl (C=O) groups excluding carboxylic acids is 1. The van der Waals surface area contributed by atoms with E-state index in [-0.39, 0.29) is 0 Å². The van der Waals surface area contributed by atoms with Crippen LogP contribution in [0.3, 0.4) is 0 Å². The Labute approximate surface area is 107 Å². The highest BCUT2D eigenvalue weighted by atomic mass is 16.1. The predicted octanol–water partition coefficient (Wildman–Crippen LogP) is 0.947. The molecule has 0 saturated heterocycles. The third-order valence-corrected chi connectivity index (χ3v) is 3.42. The number of primary amides is 1. The number of carbonyl (C=O) groups is 1. The molecule has 1 saturated carbocycles. The van der Waals surface area contributed by atoms with E-state index in [9.17, 15) is 4.79 Å². The Hall–Kier alpha value is -1.62. The van der Waals surface area contributed by atoms with E-state index in [0.29, 0.717) is 23.3 Å². The van der Waals surface area contributed by atoms with Crippen LogP contribution in [0.5, 0.6) is 0 Å². The van der Waals surface area contributed by atoms with Gasteiger partial charge in [-0.25, -0.2) is 4.98 Å². The van der Waals surface area contributed by atoms with Crippen LogP contribution in [-0.4, -0.2) is 23.5 Å². The van der Waals surface area contributed by atoms with Crippen LogP contribution in [0, 0.1) is 19.8 Å². The first-order chi connectivity index (χ1) is 8.47. The molecule has 1 aliphatic carbocycles. The molecule has 1 aromatic heterocycles. The maximum Gasteiger partial charge on any atom is 0.252 e. The zero-order chi connectivity index (χ0) is 13.3. The van der Waals surface area contributed by atoms with Crippen LogP contribution < -0.4 is 16.8 Å². The quantitative estimate of drug-likeness (QED) is 0.739. The summed E-state index contributed by atoms with van der Waals surface area (Å²) in [6.07, 6.45) is 2.06. The van der Waals surface area contributed by atoms with Crippen molar-refractivity contribution in [3.05, 3.63) is 22.9 Å². The van der Waals surface area contributed by atoms with Crippen molar-refractivity contribution in [1.82, 2.24) is 4.98 Å². The number of aromatic nitrogens is 1. The smallest absolute Gasteiger partial charge is 0.252 e. The number of anilines is 1. The topological polar surface area (TPSA) is 94.0 Å². The van der Waals surface area contributed by atoms with Gasteiger partial charge in [0.25, 0.3) is 5.91 Å². The highest BCUT2D eigenvalue weighted by Crippen LogP contribution is 2.26.